The van der Waals surface area contributed by atoms with Crippen LogP contribution < -0.4 is 11.1 Å². The molecule has 2 heterocycles. The summed E-state index contributed by atoms with van der Waals surface area (Å²) < 4.78 is 5.25. The van der Waals surface area contributed by atoms with Gasteiger partial charge in [0.15, 0.2) is 5.76 Å². The number of hydrogen-bond acceptors (Lipinski definition) is 5. The van der Waals surface area contributed by atoms with Crippen molar-refractivity contribution in [1.82, 2.24) is 10.3 Å². The maximum absolute atomic E-state index is 11.7. The predicted octanol–water partition coefficient (Wildman–Crippen LogP) is 1.48. The first-order valence-electron chi connectivity index (χ1n) is 5.67. The first kappa shape index (κ1) is 12.8. The molecule has 0 aliphatic heterocycles. The van der Waals surface area contributed by atoms with Gasteiger partial charge in [-0.3, -0.25) is 4.79 Å². The molecule has 1 amide bonds. The number of aromatic nitrogens is 1. The van der Waals surface area contributed by atoms with Crippen molar-refractivity contribution in [3.63, 3.8) is 0 Å². The molecule has 18 heavy (non-hydrogen) atoms. The van der Waals surface area contributed by atoms with Gasteiger partial charge < -0.3 is 15.5 Å². The molecular formula is C12H15N3O2S. The minimum absolute atomic E-state index is 0.221. The van der Waals surface area contributed by atoms with Crippen molar-refractivity contribution < 1.29 is 9.21 Å². The maximum atomic E-state index is 11.7. The van der Waals surface area contributed by atoms with Crippen LogP contribution in [-0.4, -0.2) is 17.4 Å². The van der Waals surface area contributed by atoms with Gasteiger partial charge in [0.25, 0.3) is 5.91 Å². The van der Waals surface area contributed by atoms with Gasteiger partial charge in [-0.05, 0) is 19.1 Å². The van der Waals surface area contributed by atoms with Crippen LogP contribution in [0.2, 0.25) is 0 Å². The van der Waals surface area contributed by atoms with E-state index in [4.69, 9.17) is 10.2 Å². The second-order valence-electron chi connectivity index (χ2n) is 3.83. The summed E-state index contributed by atoms with van der Waals surface area (Å²) in [4.78, 5) is 16.0. The molecule has 0 saturated heterocycles. The standard InChI is InChI=1S/C12H15N3O2S/c1-8-15-9(7-18-8)4-5-14-12(16)11-3-2-10(6-13)17-11/h2-3,7H,4-6,13H2,1H3,(H,14,16). The van der Waals surface area contributed by atoms with Gasteiger partial charge in [-0.1, -0.05) is 0 Å². The number of thiazole rings is 1. The average Bonchev–Trinajstić information content (AvgIpc) is 2.98. The Morgan fingerprint density at radius 2 is 2.39 bits per heavy atom. The molecule has 0 spiro atoms. The van der Waals surface area contributed by atoms with Gasteiger partial charge in [0.1, 0.15) is 5.76 Å². The number of rotatable bonds is 5. The maximum Gasteiger partial charge on any atom is 0.287 e. The van der Waals surface area contributed by atoms with E-state index in [1.54, 1.807) is 23.5 Å². The van der Waals surface area contributed by atoms with Crippen molar-refractivity contribution in [2.24, 2.45) is 5.73 Å². The van der Waals surface area contributed by atoms with E-state index in [0.717, 1.165) is 17.1 Å². The second kappa shape index (κ2) is 5.79. The Kier molecular flexibility index (Phi) is 4.11. The van der Waals surface area contributed by atoms with E-state index in [9.17, 15) is 4.79 Å². The van der Waals surface area contributed by atoms with Gasteiger partial charge in [0.05, 0.1) is 17.2 Å². The minimum atomic E-state index is -0.221. The summed E-state index contributed by atoms with van der Waals surface area (Å²) in [6, 6.07) is 3.34. The first-order valence-corrected chi connectivity index (χ1v) is 6.55. The molecule has 2 rings (SSSR count). The van der Waals surface area contributed by atoms with Gasteiger partial charge in [0, 0.05) is 18.3 Å². The number of furan rings is 1. The summed E-state index contributed by atoms with van der Waals surface area (Å²) in [6.07, 6.45) is 0.723. The molecule has 0 aliphatic rings. The van der Waals surface area contributed by atoms with E-state index in [2.05, 4.69) is 10.3 Å². The summed E-state index contributed by atoms with van der Waals surface area (Å²) >= 11 is 1.61. The molecule has 0 fully saturated rings. The molecule has 0 radical (unpaired) electrons. The van der Waals surface area contributed by atoms with Crippen LogP contribution in [0.1, 0.15) is 27.0 Å². The lowest BCUT2D eigenvalue weighted by Crippen LogP contribution is -2.25. The molecule has 96 valence electrons. The van der Waals surface area contributed by atoms with Gasteiger partial charge >= 0.3 is 0 Å². The first-order chi connectivity index (χ1) is 8.69. The number of nitrogens with zero attached hydrogens (tertiary/aromatic N) is 1. The Morgan fingerprint density at radius 1 is 1.56 bits per heavy atom. The molecular weight excluding hydrogens is 250 g/mol. The van der Waals surface area contributed by atoms with Gasteiger partial charge in [-0.15, -0.1) is 11.3 Å². The Morgan fingerprint density at radius 3 is 3.00 bits per heavy atom. The van der Waals surface area contributed by atoms with E-state index < -0.39 is 0 Å². The normalized spacial score (nSPS) is 10.6. The van der Waals surface area contributed by atoms with Crippen LogP contribution in [0.15, 0.2) is 21.9 Å². The highest BCUT2D eigenvalue weighted by Crippen LogP contribution is 2.09. The highest BCUT2D eigenvalue weighted by molar-refractivity contribution is 7.09. The van der Waals surface area contributed by atoms with Crippen molar-refractivity contribution in [3.8, 4) is 0 Å². The zero-order valence-electron chi connectivity index (χ0n) is 10.1. The van der Waals surface area contributed by atoms with E-state index in [1.807, 2.05) is 12.3 Å². The summed E-state index contributed by atoms with van der Waals surface area (Å²) in [6.45, 7) is 2.80. The zero-order chi connectivity index (χ0) is 13.0. The summed E-state index contributed by atoms with van der Waals surface area (Å²) in [5.41, 5.74) is 6.41. The third-order valence-electron chi connectivity index (χ3n) is 2.42. The van der Waals surface area contributed by atoms with Crippen molar-refractivity contribution in [2.45, 2.75) is 19.9 Å². The lowest BCUT2D eigenvalue weighted by atomic mass is 10.3. The van der Waals surface area contributed by atoms with Gasteiger partial charge in [-0.2, -0.15) is 0 Å². The Hall–Kier alpha value is -1.66. The van der Waals surface area contributed by atoms with Gasteiger partial charge in [0.2, 0.25) is 0 Å². The molecule has 5 nitrogen and oxygen atoms in total. The number of hydrogen-bond donors (Lipinski definition) is 2. The van der Waals surface area contributed by atoms with Crippen LogP contribution >= 0.6 is 11.3 Å². The molecule has 0 atom stereocenters. The van der Waals surface area contributed by atoms with E-state index in [1.165, 1.54) is 0 Å². The molecule has 2 aromatic rings. The Bertz CT molecular complexity index is 533. The molecule has 0 bridgehead atoms. The number of nitrogens with two attached hydrogens (primary N) is 1. The number of nitrogens with one attached hydrogen (secondary N) is 1. The van der Waals surface area contributed by atoms with Crippen LogP contribution in [0.3, 0.4) is 0 Å². The summed E-state index contributed by atoms with van der Waals surface area (Å²) in [5, 5.41) is 5.82. The Balaban J connectivity index is 1.81. The predicted molar refractivity (Wildman–Crippen MR) is 69.5 cm³/mol. The number of carbonyl (C=O) groups is 1. The second-order valence-corrected chi connectivity index (χ2v) is 4.90. The fourth-order valence-corrected chi connectivity index (χ4v) is 2.17. The lowest BCUT2D eigenvalue weighted by Gasteiger charge is -2.01. The number of carbonyl (C=O) groups excluding carboxylic acids is 1. The molecule has 3 N–H and O–H groups in total. The third kappa shape index (κ3) is 3.18. The SMILES string of the molecule is Cc1nc(CCNC(=O)c2ccc(CN)o2)cs1. The molecule has 0 aromatic carbocycles. The largest absolute Gasteiger partial charge is 0.455 e. The number of aryl methyl sites for hydroxylation is 1. The average molecular weight is 265 g/mol. The Labute approximate surface area is 109 Å². The van der Waals surface area contributed by atoms with E-state index in [0.29, 0.717) is 24.6 Å². The van der Waals surface area contributed by atoms with Crippen LogP contribution in [0.25, 0.3) is 0 Å². The van der Waals surface area contributed by atoms with Crippen molar-refractivity contribution in [3.05, 3.63) is 39.7 Å². The number of amides is 1. The van der Waals surface area contributed by atoms with E-state index in [-0.39, 0.29) is 5.91 Å². The summed E-state index contributed by atoms with van der Waals surface area (Å²) in [5.74, 6) is 0.682. The molecule has 0 saturated carbocycles. The molecule has 6 heteroatoms. The monoisotopic (exact) mass is 265 g/mol. The zero-order valence-corrected chi connectivity index (χ0v) is 10.9. The van der Waals surface area contributed by atoms with Crippen LogP contribution in [0.4, 0.5) is 0 Å². The van der Waals surface area contributed by atoms with Gasteiger partial charge in [-0.25, -0.2) is 4.98 Å². The van der Waals surface area contributed by atoms with Crippen LogP contribution in [0.5, 0.6) is 0 Å². The summed E-state index contributed by atoms with van der Waals surface area (Å²) in [7, 11) is 0. The molecule has 0 aliphatic carbocycles. The van der Waals surface area contributed by atoms with Crippen LogP contribution in [0, 0.1) is 6.92 Å². The molecule has 2 aromatic heterocycles. The quantitative estimate of drug-likeness (QED) is 0.858. The lowest BCUT2D eigenvalue weighted by molar-refractivity contribution is 0.0924. The fraction of sp³-hybridized carbons (Fsp3) is 0.333. The van der Waals surface area contributed by atoms with E-state index >= 15 is 0 Å². The molecule has 0 unspecified atom stereocenters. The highest BCUT2D eigenvalue weighted by Gasteiger charge is 2.10. The fourth-order valence-electron chi connectivity index (χ4n) is 1.52. The third-order valence-corrected chi connectivity index (χ3v) is 3.24. The van der Waals surface area contributed by atoms with Crippen molar-refractivity contribution in [2.75, 3.05) is 6.54 Å². The smallest absolute Gasteiger partial charge is 0.287 e. The van der Waals surface area contributed by atoms with Crippen molar-refractivity contribution in [1.29, 1.82) is 0 Å². The minimum Gasteiger partial charge on any atom is -0.455 e. The highest BCUT2D eigenvalue weighted by atomic mass is 32.1. The topological polar surface area (TPSA) is 81.2 Å². The van der Waals surface area contributed by atoms with Crippen molar-refractivity contribution >= 4 is 17.2 Å². The van der Waals surface area contributed by atoms with Crippen LogP contribution in [-0.2, 0) is 13.0 Å².